The highest BCUT2D eigenvalue weighted by atomic mass is 16.1. The minimum absolute atomic E-state index is 0.236. The molecule has 0 saturated carbocycles. The molecule has 1 heteroatoms. The maximum Gasteiger partial charge on any atom is 0.155 e. The van der Waals surface area contributed by atoms with Gasteiger partial charge in [0.15, 0.2) is 5.78 Å². The summed E-state index contributed by atoms with van der Waals surface area (Å²) in [6.45, 7) is 2.18. The fraction of sp³-hybridized carbons (Fsp3) is 0.400. The molecule has 0 unspecified atom stereocenters. The Morgan fingerprint density at radius 3 is 2.56 bits per heavy atom. The zero-order valence-corrected chi connectivity index (χ0v) is 9.99. The Labute approximate surface area is 98.2 Å². The molecule has 0 amide bonds. The first-order valence-electron chi connectivity index (χ1n) is 6.09. The molecule has 0 spiro atoms. The van der Waals surface area contributed by atoms with E-state index in [1.807, 2.05) is 36.4 Å². The highest BCUT2D eigenvalue weighted by Gasteiger charge is 1.96. The van der Waals surface area contributed by atoms with Gasteiger partial charge in [0.25, 0.3) is 0 Å². The first-order chi connectivity index (χ1) is 7.83. The lowest BCUT2D eigenvalue weighted by molar-refractivity contribution is -0.114. The molecule has 0 aliphatic carbocycles. The predicted molar refractivity (Wildman–Crippen MR) is 69.2 cm³/mol. The molecule has 86 valence electrons. The highest BCUT2D eigenvalue weighted by molar-refractivity contribution is 5.93. The highest BCUT2D eigenvalue weighted by Crippen LogP contribution is 2.05. The van der Waals surface area contributed by atoms with Gasteiger partial charge in [0.05, 0.1) is 0 Å². The van der Waals surface area contributed by atoms with E-state index < -0.39 is 0 Å². The number of unbranched alkanes of at least 4 members (excludes halogenated alkanes) is 3. The van der Waals surface area contributed by atoms with Gasteiger partial charge in [-0.1, -0.05) is 62.6 Å². The summed E-state index contributed by atoms with van der Waals surface area (Å²) in [4.78, 5) is 11.5. The molecule has 0 fully saturated rings. The van der Waals surface area contributed by atoms with Gasteiger partial charge < -0.3 is 0 Å². The van der Waals surface area contributed by atoms with Crippen LogP contribution in [0.25, 0.3) is 6.08 Å². The molecule has 0 heterocycles. The summed E-state index contributed by atoms with van der Waals surface area (Å²) in [7, 11) is 0. The summed E-state index contributed by atoms with van der Waals surface area (Å²) in [5.41, 5.74) is 1.09. The van der Waals surface area contributed by atoms with Gasteiger partial charge in [0.1, 0.15) is 0 Å². The van der Waals surface area contributed by atoms with Crippen LogP contribution in [-0.4, -0.2) is 5.78 Å². The first-order valence-corrected chi connectivity index (χ1v) is 6.09. The summed E-state index contributed by atoms with van der Waals surface area (Å²) in [6.07, 6.45) is 8.91. The largest absolute Gasteiger partial charge is 0.295 e. The van der Waals surface area contributed by atoms with Crippen LogP contribution in [0.1, 0.15) is 44.6 Å². The van der Waals surface area contributed by atoms with E-state index in [1.54, 1.807) is 6.08 Å². The van der Waals surface area contributed by atoms with Crippen LogP contribution in [0.4, 0.5) is 0 Å². The van der Waals surface area contributed by atoms with Gasteiger partial charge >= 0.3 is 0 Å². The number of hydrogen-bond acceptors (Lipinski definition) is 1. The third-order valence-corrected chi connectivity index (χ3v) is 2.54. The third-order valence-electron chi connectivity index (χ3n) is 2.54. The number of ketones is 1. The molecule has 0 saturated heterocycles. The second-order valence-electron chi connectivity index (χ2n) is 4.02. The zero-order valence-electron chi connectivity index (χ0n) is 9.99. The normalized spacial score (nSPS) is 10.8. The van der Waals surface area contributed by atoms with Crippen molar-refractivity contribution in [1.29, 1.82) is 0 Å². The fourth-order valence-electron chi connectivity index (χ4n) is 1.56. The molecule has 0 atom stereocenters. The number of carbonyl (C=O) groups is 1. The van der Waals surface area contributed by atoms with Crippen molar-refractivity contribution in [3.63, 3.8) is 0 Å². The Bertz CT molecular complexity index is 325. The van der Waals surface area contributed by atoms with Crippen molar-refractivity contribution in [2.45, 2.75) is 39.0 Å². The Kier molecular flexibility index (Phi) is 6.24. The van der Waals surface area contributed by atoms with E-state index in [-0.39, 0.29) is 5.78 Å². The van der Waals surface area contributed by atoms with Crippen molar-refractivity contribution >= 4 is 11.9 Å². The number of allylic oxidation sites excluding steroid dienone is 1. The molecule has 1 rings (SSSR count). The number of benzene rings is 1. The third kappa shape index (κ3) is 5.50. The lowest BCUT2D eigenvalue weighted by Crippen LogP contribution is -1.91. The Hall–Kier alpha value is -1.37. The molecular formula is C15H20O. The molecule has 1 aromatic rings. The van der Waals surface area contributed by atoms with Crippen LogP contribution in [-0.2, 0) is 4.79 Å². The van der Waals surface area contributed by atoms with Crippen LogP contribution in [0, 0.1) is 0 Å². The Morgan fingerprint density at radius 2 is 1.88 bits per heavy atom. The lowest BCUT2D eigenvalue weighted by Gasteiger charge is -1.96. The first kappa shape index (κ1) is 12.7. The van der Waals surface area contributed by atoms with Gasteiger partial charge in [-0.3, -0.25) is 4.79 Å². The number of rotatable bonds is 7. The standard InChI is InChI=1S/C15H20O/c1-2-3-4-8-11-15(16)13-12-14-9-6-5-7-10-14/h5-7,9-10,12-13H,2-4,8,11H2,1H3. The molecule has 0 aliphatic heterocycles. The summed E-state index contributed by atoms with van der Waals surface area (Å²) in [6, 6.07) is 9.93. The number of carbonyl (C=O) groups excluding carboxylic acids is 1. The number of hydrogen-bond donors (Lipinski definition) is 0. The van der Waals surface area contributed by atoms with Crippen LogP contribution < -0.4 is 0 Å². The van der Waals surface area contributed by atoms with Gasteiger partial charge in [-0.25, -0.2) is 0 Å². The van der Waals surface area contributed by atoms with Gasteiger partial charge in [-0.2, -0.15) is 0 Å². The van der Waals surface area contributed by atoms with E-state index in [0.29, 0.717) is 6.42 Å². The SMILES string of the molecule is CCCCCCC(=O)C=Cc1ccccc1. The van der Waals surface area contributed by atoms with Gasteiger partial charge in [-0.15, -0.1) is 0 Å². The van der Waals surface area contributed by atoms with Crippen molar-refractivity contribution in [3.05, 3.63) is 42.0 Å². The fourth-order valence-corrected chi connectivity index (χ4v) is 1.56. The van der Waals surface area contributed by atoms with E-state index in [4.69, 9.17) is 0 Å². The van der Waals surface area contributed by atoms with Gasteiger partial charge in [0, 0.05) is 6.42 Å². The van der Waals surface area contributed by atoms with Crippen LogP contribution >= 0.6 is 0 Å². The predicted octanol–water partition coefficient (Wildman–Crippen LogP) is 4.24. The van der Waals surface area contributed by atoms with Crippen molar-refractivity contribution in [2.24, 2.45) is 0 Å². The van der Waals surface area contributed by atoms with Crippen molar-refractivity contribution < 1.29 is 4.79 Å². The van der Waals surface area contributed by atoms with E-state index in [1.165, 1.54) is 19.3 Å². The van der Waals surface area contributed by atoms with E-state index in [9.17, 15) is 4.79 Å². The minimum atomic E-state index is 0.236. The monoisotopic (exact) mass is 216 g/mol. The summed E-state index contributed by atoms with van der Waals surface area (Å²) in [5, 5.41) is 0. The Morgan fingerprint density at radius 1 is 1.12 bits per heavy atom. The molecule has 0 N–H and O–H groups in total. The average molecular weight is 216 g/mol. The summed E-state index contributed by atoms with van der Waals surface area (Å²) < 4.78 is 0. The quantitative estimate of drug-likeness (QED) is 0.492. The molecule has 0 bridgehead atoms. The van der Waals surface area contributed by atoms with Crippen LogP contribution in [0.2, 0.25) is 0 Å². The maximum absolute atomic E-state index is 11.5. The maximum atomic E-state index is 11.5. The van der Waals surface area contributed by atoms with Crippen molar-refractivity contribution in [3.8, 4) is 0 Å². The van der Waals surface area contributed by atoms with Crippen molar-refractivity contribution in [1.82, 2.24) is 0 Å². The zero-order chi connectivity index (χ0) is 11.6. The second-order valence-corrected chi connectivity index (χ2v) is 4.02. The topological polar surface area (TPSA) is 17.1 Å². The lowest BCUT2D eigenvalue weighted by atomic mass is 10.1. The molecule has 1 aromatic carbocycles. The molecule has 16 heavy (non-hydrogen) atoms. The summed E-state index contributed by atoms with van der Waals surface area (Å²) >= 11 is 0. The van der Waals surface area contributed by atoms with Crippen LogP contribution in [0.3, 0.4) is 0 Å². The molecule has 0 radical (unpaired) electrons. The Balaban J connectivity index is 2.26. The van der Waals surface area contributed by atoms with E-state index in [0.717, 1.165) is 12.0 Å². The molecular weight excluding hydrogens is 196 g/mol. The van der Waals surface area contributed by atoms with Crippen molar-refractivity contribution in [2.75, 3.05) is 0 Å². The molecule has 1 nitrogen and oxygen atoms in total. The summed E-state index contributed by atoms with van der Waals surface area (Å²) in [5.74, 6) is 0.236. The smallest absolute Gasteiger partial charge is 0.155 e. The van der Waals surface area contributed by atoms with E-state index >= 15 is 0 Å². The van der Waals surface area contributed by atoms with Gasteiger partial charge in [0.2, 0.25) is 0 Å². The molecule has 0 aliphatic rings. The second kappa shape index (κ2) is 7.86. The van der Waals surface area contributed by atoms with Crippen LogP contribution in [0.15, 0.2) is 36.4 Å². The molecule has 0 aromatic heterocycles. The van der Waals surface area contributed by atoms with E-state index in [2.05, 4.69) is 6.92 Å². The average Bonchev–Trinajstić information content (AvgIpc) is 2.33. The van der Waals surface area contributed by atoms with Crippen LogP contribution in [0.5, 0.6) is 0 Å². The van der Waals surface area contributed by atoms with Gasteiger partial charge in [-0.05, 0) is 18.1 Å². The minimum Gasteiger partial charge on any atom is -0.295 e.